The summed E-state index contributed by atoms with van der Waals surface area (Å²) in [6.45, 7) is 14.1. The zero-order valence-electron chi connectivity index (χ0n) is 17.3. The first-order valence-corrected chi connectivity index (χ1v) is 9.14. The van der Waals surface area contributed by atoms with Crippen LogP contribution in [0.1, 0.15) is 74.2 Å². The molecule has 0 fully saturated rings. The quantitative estimate of drug-likeness (QED) is 0.714. The molecular weight excluding hydrogens is 340 g/mol. The van der Waals surface area contributed by atoms with Crippen molar-refractivity contribution in [2.24, 2.45) is 0 Å². The molecule has 27 heavy (non-hydrogen) atoms. The average molecular weight is 370 g/mol. The van der Waals surface area contributed by atoms with Crippen molar-refractivity contribution >= 4 is 5.97 Å². The Bertz CT molecular complexity index is 817. The summed E-state index contributed by atoms with van der Waals surface area (Å²) in [6, 6.07) is 8.52. The van der Waals surface area contributed by atoms with Gasteiger partial charge in [0.25, 0.3) is 0 Å². The zero-order valence-corrected chi connectivity index (χ0v) is 17.3. The molecule has 0 radical (unpaired) electrons. The monoisotopic (exact) mass is 370 g/mol. The molecule has 0 amide bonds. The normalized spacial score (nSPS) is 12.1. The standard InChI is InChI=1S/C23H30O4/c1-14-8-9-16(12-19(14)24)21(26)27-13-15-10-17(22(2,3)4)20(25)18(11-15)23(5,6)7/h8-12,24-25H,13H2,1-7H3. The van der Waals surface area contributed by atoms with Crippen molar-refractivity contribution in [3.05, 3.63) is 58.1 Å². The lowest BCUT2D eigenvalue weighted by Gasteiger charge is -2.28. The number of phenolic OH excluding ortho intramolecular Hbond substituents is 2. The van der Waals surface area contributed by atoms with Crippen molar-refractivity contribution in [2.45, 2.75) is 65.9 Å². The van der Waals surface area contributed by atoms with Gasteiger partial charge < -0.3 is 14.9 Å². The predicted molar refractivity (Wildman–Crippen MR) is 107 cm³/mol. The van der Waals surface area contributed by atoms with Crippen LogP contribution < -0.4 is 0 Å². The topological polar surface area (TPSA) is 66.8 Å². The maximum atomic E-state index is 12.3. The van der Waals surface area contributed by atoms with E-state index in [-0.39, 0.29) is 23.2 Å². The van der Waals surface area contributed by atoms with Gasteiger partial charge in [-0.05, 0) is 64.3 Å². The van der Waals surface area contributed by atoms with Crippen molar-refractivity contribution in [2.75, 3.05) is 0 Å². The summed E-state index contributed by atoms with van der Waals surface area (Å²) < 4.78 is 5.45. The Morgan fingerprint density at radius 1 is 0.926 bits per heavy atom. The third-order valence-corrected chi connectivity index (χ3v) is 4.60. The highest BCUT2D eigenvalue weighted by Crippen LogP contribution is 2.39. The van der Waals surface area contributed by atoms with Crippen LogP contribution >= 0.6 is 0 Å². The van der Waals surface area contributed by atoms with Crippen LogP contribution in [0.3, 0.4) is 0 Å². The van der Waals surface area contributed by atoms with E-state index in [0.29, 0.717) is 16.9 Å². The summed E-state index contributed by atoms with van der Waals surface area (Å²) >= 11 is 0. The first-order valence-electron chi connectivity index (χ1n) is 9.14. The van der Waals surface area contributed by atoms with Gasteiger partial charge in [-0.2, -0.15) is 0 Å². The molecule has 4 nitrogen and oxygen atoms in total. The van der Waals surface area contributed by atoms with E-state index in [2.05, 4.69) is 0 Å². The Morgan fingerprint density at radius 2 is 1.44 bits per heavy atom. The Morgan fingerprint density at radius 3 is 1.89 bits per heavy atom. The van der Waals surface area contributed by atoms with E-state index >= 15 is 0 Å². The average Bonchev–Trinajstić information content (AvgIpc) is 2.53. The predicted octanol–water partition coefficient (Wildman–Crippen LogP) is 5.36. The molecule has 0 aromatic heterocycles. The number of ether oxygens (including phenoxy) is 1. The van der Waals surface area contributed by atoms with Crippen LogP contribution in [0.2, 0.25) is 0 Å². The third-order valence-electron chi connectivity index (χ3n) is 4.60. The van der Waals surface area contributed by atoms with Crippen molar-refractivity contribution < 1.29 is 19.7 Å². The smallest absolute Gasteiger partial charge is 0.338 e. The van der Waals surface area contributed by atoms with Gasteiger partial charge in [-0.3, -0.25) is 0 Å². The lowest BCUT2D eigenvalue weighted by atomic mass is 9.78. The Kier molecular flexibility index (Phi) is 5.60. The fourth-order valence-electron chi connectivity index (χ4n) is 2.89. The lowest BCUT2D eigenvalue weighted by molar-refractivity contribution is 0.0472. The van der Waals surface area contributed by atoms with Crippen LogP contribution in [0, 0.1) is 6.92 Å². The molecule has 0 aliphatic carbocycles. The molecule has 0 spiro atoms. The zero-order chi connectivity index (χ0) is 20.6. The molecular formula is C23H30O4. The number of aromatic hydroxyl groups is 2. The minimum atomic E-state index is -0.493. The molecule has 0 bridgehead atoms. The second kappa shape index (κ2) is 7.26. The van der Waals surface area contributed by atoms with E-state index in [4.69, 9.17) is 4.74 Å². The molecule has 0 atom stereocenters. The summed E-state index contributed by atoms with van der Waals surface area (Å²) in [6.07, 6.45) is 0. The minimum absolute atomic E-state index is 0.0686. The summed E-state index contributed by atoms with van der Waals surface area (Å²) in [5.41, 5.74) is 3.01. The summed E-state index contributed by atoms with van der Waals surface area (Å²) in [4.78, 5) is 12.3. The van der Waals surface area contributed by atoms with Crippen molar-refractivity contribution in [3.63, 3.8) is 0 Å². The minimum Gasteiger partial charge on any atom is -0.508 e. The molecule has 2 N–H and O–H groups in total. The van der Waals surface area contributed by atoms with Gasteiger partial charge in [-0.15, -0.1) is 0 Å². The molecule has 0 saturated carbocycles. The van der Waals surface area contributed by atoms with E-state index in [1.54, 1.807) is 19.1 Å². The van der Waals surface area contributed by atoms with Gasteiger partial charge >= 0.3 is 5.97 Å². The molecule has 2 rings (SSSR count). The molecule has 0 aliphatic rings. The van der Waals surface area contributed by atoms with Gasteiger partial charge in [0.1, 0.15) is 18.1 Å². The van der Waals surface area contributed by atoms with Crippen LogP contribution in [-0.2, 0) is 22.2 Å². The molecule has 0 heterocycles. The largest absolute Gasteiger partial charge is 0.508 e. The van der Waals surface area contributed by atoms with Crippen LogP contribution in [0.4, 0.5) is 0 Å². The van der Waals surface area contributed by atoms with Crippen LogP contribution in [-0.4, -0.2) is 16.2 Å². The van der Waals surface area contributed by atoms with Crippen LogP contribution in [0.5, 0.6) is 11.5 Å². The van der Waals surface area contributed by atoms with Gasteiger partial charge in [0.15, 0.2) is 0 Å². The first-order chi connectivity index (χ1) is 12.3. The van der Waals surface area contributed by atoms with Crippen LogP contribution in [0.15, 0.2) is 30.3 Å². The summed E-state index contributed by atoms with van der Waals surface area (Å²) in [5, 5.41) is 20.5. The summed E-state index contributed by atoms with van der Waals surface area (Å²) in [5.74, 6) is -0.124. The Balaban J connectivity index is 2.32. The van der Waals surface area contributed by atoms with E-state index in [0.717, 1.165) is 16.7 Å². The van der Waals surface area contributed by atoms with Gasteiger partial charge in [-0.25, -0.2) is 4.79 Å². The van der Waals surface area contributed by atoms with Gasteiger partial charge in [0, 0.05) is 0 Å². The molecule has 2 aromatic rings. The van der Waals surface area contributed by atoms with Crippen LogP contribution in [0.25, 0.3) is 0 Å². The molecule has 0 unspecified atom stereocenters. The second-order valence-corrected chi connectivity index (χ2v) is 9.12. The van der Waals surface area contributed by atoms with E-state index in [9.17, 15) is 15.0 Å². The highest BCUT2D eigenvalue weighted by Gasteiger charge is 2.26. The fourth-order valence-corrected chi connectivity index (χ4v) is 2.89. The van der Waals surface area contributed by atoms with Crippen molar-refractivity contribution in [1.29, 1.82) is 0 Å². The number of hydrogen-bond acceptors (Lipinski definition) is 4. The number of phenols is 2. The highest BCUT2D eigenvalue weighted by molar-refractivity contribution is 5.90. The molecule has 0 aliphatic heterocycles. The van der Waals surface area contributed by atoms with Crippen molar-refractivity contribution in [3.8, 4) is 11.5 Å². The SMILES string of the molecule is Cc1ccc(C(=O)OCc2cc(C(C)(C)C)c(O)c(C(C)(C)C)c2)cc1O. The molecule has 0 saturated heterocycles. The number of esters is 1. The van der Waals surface area contributed by atoms with Gasteiger partial charge in [-0.1, -0.05) is 47.6 Å². The Labute approximate surface area is 161 Å². The van der Waals surface area contributed by atoms with E-state index in [1.807, 2.05) is 53.7 Å². The second-order valence-electron chi connectivity index (χ2n) is 9.12. The van der Waals surface area contributed by atoms with E-state index in [1.165, 1.54) is 6.07 Å². The number of benzene rings is 2. The van der Waals surface area contributed by atoms with E-state index < -0.39 is 5.97 Å². The van der Waals surface area contributed by atoms with Crippen molar-refractivity contribution in [1.82, 2.24) is 0 Å². The summed E-state index contributed by atoms with van der Waals surface area (Å²) in [7, 11) is 0. The fraction of sp³-hybridized carbons (Fsp3) is 0.435. The molecule has 4 heteroatoms. The molecule has 2 aromatic carbocycles. The van der Waals surface area contributed by atoms with Gasteiger partial charge in [0.05, 0.1) is 5.56 Å². The molecule has 146 valence electrons. The lowest BCUT2D eigenvalue weighted by Crippen LogP contribution is -2.18. The van der Waals surface area contributed by atoms with Gasteiger partial charge in [0.2, 0.25) is 0 Å². The maximum Gasteiger partial charge on any atom is 0.338 e. The number of carbonyl (C=O) groups is 1. The maximum absolute atomic E-state index is 12.3. The number of hydrogen-bond donors (Lipinski definition) is 2. The Hall–Kier alpha value is -2.49. The third kappa shape index (κ3) is 4.82. The first kappa shape index (κ1) is 20.8. The number of rotatable bonds is 3. The number of aryl methyl sites for hydroxylation is 1. The highest BCUT2D eigenvalue weighted by atomic mass is 16.5. The number of carbonyl (C=O) groups excluding carboxylic acids is 1.